The highest BCUT2D eigenvalue weighted by atomic mass is 127. The quantitative estimate of drug-likeness (QED) is 0.817. The van der Waals surface area contributed by atoms with Gasteiger partial charge in [0.15, 0.2) is 0 Å². The number of nitrogens with one attached hydrogen (secondary N) is 1. The fraction of sp³-hybridized carbons (Fsp3) is 0. The van der Waals surface area contributed by atoms with E-state index in [2.05, 4.69) is 32.9 Å². The number of carboxylic acid groups (broad SMARTS) is 1. The first-order valence-corrected chi connectivity index (χ1v) is 6.41. The Hall–Kier alpha value is -1.96. The predicted octanol–water partition coefficient (Wildman–Crippen LogP) is 2.64. The van der Waals surface area contributed by atoms with Crippen molar-refractivity contribution in [2.24, 2.45) is 0 Å². The molecule has 2 aromatic rings. The molecule has 0 radical (unpaired) electrons. The normalized spacial score (nSPS) is 9.95. The third kappa shape index (κ3) is 3.28. The van der Waals surface area contributed by atoms with E-state index in [0.29, 0.717) is 11.3 Å². The molecule has 0 spiro atoms. The molecule has 0 saturated heterocycles. The van der Waals surface area contributed by atoms with Crippen LogP contribution in [0.25, 0.3) is 0 Å². The molecule has 2 N–H and O–H groups in total. The second kappa shape index (κ2) is 5.79. The van der Waals surface area contributed by atoms with Crippen LogP contribution in [0.5, 0.6) is 0 Å². The van der Waals surface area contributed by atoms with Gasteiger partial charge in [-0.1, -0.05) is 12.1 Å². The molecule has 5 nitrogen and oxygen atoms in total. The van der Waals surface area contributed by atoms with E-state index in [9.17, 15) is 9.59 Å². The van der Waals surface area contributed by atoms with E-state index >= 15 is 0 Å². The second-order valence-electron chi connectivity index (χ2n) is 3.67. The number of amides is 1. The lowest BCUT2D eigenvalue weighted by atomic mass is 10.2. The van der Waals surface area contributed by atoms with Crippen LogP contribution in [0.2, 0.25) is 0 Å². The summed E-state index contributed by atoms with van der Waals surface area (Å²) in [5, 5.41) is 11.5. The fourth-order valence-electron chi connectivity index (χ4n) is 1.41. The number of carbonyl (C=O) groups is 2. The number of pyridine rings is 1. The van der Waals surface area contributed by atoms with Crippen molar-refractivity contribution >= 4 is 40.2 Å². The standard InChI is InChI=1S/C13H9IN2O3/c14-9-3-1-2-4-10(9)16-12(17)8-5-6-11(13(18)19)15-7-8/h1-7H,(H,16,17)(H,18,19). The minimum atomic E-state index is -1.12. The number of halogens is 1. The van der Waals surface area contributed by atoms with Crippen molar-refractivity contribution in [1.29, 1.82) is 0 Å². The van der Waals surface area contributed by atoms with Crippen LogP contribution in [-0.4, -0.2) is 22.0 Å². The Kier molecular flexibility index (Phi) is 4.10. The Morgan fingerprint density at radius 1 is 1.16 bits per heavy atom. The second-order valence-corrected chi connectivity index (χ2v) is 4.83. The molecule has 2 rings (SSSR count). The molecule has 6 heteroatoms. The molecule has 0 atom stereocenters. The maximum absolute atomic E-state index is 11.9. The number of hydrogen-bond acceptors (Lipinski definition) is 3. The summed E-state index contributed by atoms with van der Waals surface area (Å²) in [5.74, 6) is -1.45. The SMILES string of the molecule is O=C(Nc1ccccc1I)c1ccc(C(=O)O)nc1. The average Bonchev–Trinajstić information content (AvgIpc) is 2.41. The maximum atomic E-state index is 11.9. The Balaban J connectivity index is 2.16. The highest BCUT2D eigenvalue weighted by Gasteiger charge is 2.10. The Bertz CT molecular complexity index is 626. The molecule has 1 aromatic heterocycles. The van der Waals surface area contributed by atoms with Gasteiger partial charge in [-0.05, 0) is 46.9 Å². The van der Waals surface area contributed by atoms with E-state index in [4.69, 9.17) is 5.11 Å². The maximum Gasteiger partial charge on any atom is 0.354 e. The van der Waals surface area contributed by atoms with E-state index < -0.39 is 5.97 Å². The molecular weight excluding hydrogens is 359 g/mol. The summed E-state index contributed by atoms with van der Waals surface area (Å²) in [7, 11) is 0. The predicted molar refractivity (Wildman–Crippen MR) is 78.3 cm³/mol. The summed E-state index contributed by atoms with van der Waals surface area (Å²) in [6.45, 7) is 0. The molecule has 1 amide bonds. The molecule has 0 bridgehead atoms. The van der Waals surface area contributed by atoms with E-state index in [-0.39, 0.29) is 11.6 Å². The third-order valence-electron chi connectivity index (χ3n) is 2.37. The van der Waals surface area contributed by atoms with Gasteiger partial charge < -0.3 is 10.4 Å². The number of rotatable bonds is 3. The monoisotopic (exact) mass is 368 g/mol. The number of aromatic nitrogens is 1. The van der Waals surface area contributed by atoms with Gasteiger partial charge >= 0.3 is 5.97 Å². The molecule has 19 heavy (non-hydrogen) atoms. The lowest BCUT2D eigenvalue weighted by molar-refractivity contribution is 0.0690. The van der Waals surface area contributed by atoms with Crippen LogP contribution in [0.4, 0.5) is 5.69 Å². The van der Waals surface area contributed by atoms with Gasteiger partial charge in [0, 0.05) is 9.77 Å². The largest absolute Gasteiger partial charge is 0.477 e. The number of benzene rings is 1. The van der Waals surface area contributed by atoms with Crippen LogP contribution < -0.4 is 5.32 Å². The van der Waals surface area contributed by atoms with Crippen molar-refractivity contribution in [2.45, 2.75) is 0 Å². The van der Waals surface area contributed by atoms with E-state index in [1.54, 1.807) is 6.07 Å². The van der Waals surface area contributed by atoms with Gasteiger partial charge in [-0.25, -0.2) is 9.78 Å². The van der Waals surface area contributed by atoms with Crippen molar-refractivity contribution in [3.05, 3.63) is 57.4 Å². The molecule has 96 valence electrons. The first-order chi connectivity index (χ1) is 9.08. The molecule has 0 unspecified atom stereocenters. The van der Waals surface area contributed by atoms with Crippen molar-refractivity contribution in [2.75, 3.05) is 5.32 Å². The summed E-state index contributed by atoms with van der Waals surface area (Å²) in [5.41, 5.74) is 0.922. The average molecular weight is 368 g/mol. The minimum Gasteiger partial charge on any atom is -0.477 e. The van der Waals surface area contributed by atoms with Crippen molar-refractivity contribution in [3.63, 3.8) is 0 Å². The zero-order chi connectivity index (χ0) is 13.8. The highest BCUT2D eigenvalue weighted by molar-refractivity contribution is 14.1. The van der Waals surface area contributed by atoms with Crippen LogP contribution in [0.15, 0.2) is 42.6 Å². The van der Waals surface area contributed by atoms with Crippen LogP contribution in [-0.2, 0) is 0 Å². The topological polar surface area (TPSA) is 79.3 Å². The number of para-hydroxylation sites is 1. The number of hydrogen-bond donors (Lipinski definition) is 2. The van der Waals surface area contributed by atoms with E-state index in [0.717, 1.165) is 3.57 Å². The zero-order valence-electron chi connectivity index (χ0n) is 9.63. The van der Waals surface area contributed by atoms with E-state index in [1.165, 1.54) is 18.3 Å². The molecule has 1 aromatic carbocycles. The van der Waals surface area contributed by atoms with Crippen LogP contribution in [0.3, 0.4) is 0 Å². The summed E-state index contributed by atoms with van der Waals surface area (Å²) in [6, 6.07) is 10.1. The third-order valence-corrected chi connectivity index (χ3v) is 3.31. The summed E-state index contributed by atoms with van der Waals surface area (Å²) < 4.78 is 0.920. The van der Waals surface area contributed by atoms with Crippen molar-refractivity contribution in [3.8, 4) is 0 Å². The van der Waals surface area contributed by atoms with Gasteiger partial charge in [-0.15, -0.1) is 0 Å². The van der Waals surface area contributed by atoms with Gasteiger partial charge in [0.05, 0.1) is 11.3 Å². The Morgan fingerprint density at radius 3 is 2.47 bits per heavy atom. The first kappa shape index (κ1) is 13.5. The minimum absolute atomic E-state index is 0.0918. The number of anilines is 1. The molecule has 0 aliphatic heterocycles. The molecule has 1 heterocycles. The fourth-order valence-corrected chi connectivity index (χ4v) is 1.93. The molecule has 0 saturated carbocycles. The zero-order valence-corrected chi connectivity index (χ0v) is 11.8. The van der Waals surface area contributed by atoms with Gasteiger partial charge in [0.2, 0.25) is 0 Å². The number of nitrogens with zero attached hydrogens (tertiary/aromatic N) is 1. The van der Waals surface area contributed by atoms with Gasteiger partial charge in [-0.2, -0.15) is 0 Å². The van der Waals surface area contributed by atoms with Crippen molar-refractivity contribution < 1.29 is 14.7 Å². The number of carbonyl (C=O) groups excluding carboxylic acids is 1. The summed E-state index contributed by atoms with van der Waals surface area (Å²) in [4.78, 5) is 26.3. The molecule has 0 aliphatic rings. The van der Waals surface area contributed by atoms with Crippen LogP contribution >= 0.6 is 22.6 Å². The van der Waals surface area contributed by atoms with E-state index in [1.807, 2.05) is 18.2 Å². The van der Waals surface area contributed by atoms with Crippen molar-refractivity contribution in [1.82, 2.24) is 4.98 Å². The van der Waals surface area contributed by atoms with Crippen LogP contribution in [0.1, 0.15) is 20.8 Å². The summed E-state index contributed by atoms with van der Waals surface area (Å²) >= 11 is 2.12. The first-order valence-electron chi connectivity index (χ1n) is 5.33. The molecular formula is C13H9IN2O3. The molecule has 0 fully saturated rings. The van der Waals surface area contributed by atoms with Gasteiger partial charge in [0.1, 0.15) is 5.69 Å². The molecule has 0 aliphatic carbocycles. The lowest BCUT2D eigenvalue weighted by Crippen LogP contribution is -2.13. The smallest absolute Gasteiger partial charge is 0.354 e. The van der Waals surface area contributed by atoms with Gasteiger partial charge in [0.25, 0.3) is 5.91 Å². The Morgan fingerprint density at radius 2 is 1.89 bits per heavy atom. The van der Waals surface area contributed by atoms with Gasteiger partial charge in [-0.3, -0.25) is 4.79 Å². The summed E-state index contributed by atoms with van der Waals surface area (Å²) in [6.07, 6.45) is 1.24. The Labute approximate surface area is 122 Å². The number of carboxylic acids is 1. The lowest BCUT2D eigenvalue weighted by Gasteiger charge is -2.06. The van der Waals surface area contributed by atoms with Crippen LogP contribution in [0, 0.1) is 3.57 Å². The highest BCUT2D eigenvalue weighted by Crippen LogP contribution is 2.17. The number of aromatic carboxylic acids is 1.